The molecule has 0 radical (unpaired) electrons. The zero-order chi connectivity index (χ0) is 20.8. The number of esters is 1. The maximum atomic E-state index is 13.3. The predicted molar refractivity (Wildman–Crippen MR) is 111 cm³/mol. The molecule has 2 aliphatic heterocycles. The third-order valence-corrected chi connectivity index (χ3v) is 11.6. The molecule has 7 heteroatoms. The molecule has 3 aliphatic carbocycles. The van der Waals surface area contributed by atoms with Gasteiger partial charge in [-0.25, -0.2) is 17.5 Å². The molecule has 0 spiro atoms. The molecule has 0 N–H and O–H groups in total. The first-order valence-corrected chi connectivity index (χ1v) is 12.9. The molecule has 5 aliphatic rings. The second-order valence-corrected chi connectivity index (χ2v) is 12.4. The fourth-order valence-electron chi connectivity index (χ4n) is 7.34. The zero-order valence-corrected chi connectivity index (χ0v) is 18.9. The van der Waals surface area contributed by atoms with Gasteiger partial charge in [0.1, 0.15) is 11.6 Å². The van der Waals surface area contributed by atoms with E-state index in [0.29, 0.717) is 25.0 Å². The summed E-state index contributed by atoms with van der Waals surface area (Å²) in [6.45, 7) is 9.91. The molecule has 0 aromatic heterocycles. The van der Waals surface area contributed by atoms with Gasteiger partial charge in [-0.15, -0.1) is 0 Å². The van der Waals surface area contributed by atoms with Crippen LogP contribution in [0, 0.1) is 22.7 Å². The Morgan fingerprint density at radius 1 is 1.21 bits per heavy atom. The summed E-state index contributed by atoms with van der Waals surface area (Å²) in [6, 6.07) is 0.390. The van der Waals surface area contributed by atoms with E-state index in [2.05, 4.69) is 30.9 Å². The number of piperidine rings is 1. The Morgan fingerprint density at radius 2 is 1.93 bits per heavy atom. The van der Waals surface area contributed by atoms with E-state index in [1.807, 2.05) is 13.8 Å². The first kappa shape index (κ1) is 20.0. The minimum atomic E-state index is -3.40. The van der Waals surface area contributed by atoms with Crippen molar-refractivity contribution in [3.8, 4) is 0 Å². The predicted octanol–water partition coefficient (Wildman–Crippen LogP) is 2.41. The highest BCUT2D eigenvalue weighted by Crippen LogP contribution is 2.67. The van der Waals surface area contributed by atoms with Crippen molar-refractivity contribution < 1.29 is 17.9 Å². The summed E-state index contributed by atoms with van der Waals surface area (Å²) in [4.78, 5) is 15.6. The molecule has 0 aromatic carbocycles. The van der Waals surface area contributed by atoms with E-state index in [4.69, 9.17) is 4.74 Å². The molecule has 2 saturated carbocycles. The highest BCUT2D eigenvalue weighted by molar-refractivity contribution is 7.89. The van der Waals surface area contributed by atoms with Gasteiger partial charge in [-0.2, -0.15) is 0 Å². The first-order chi connectivity index (χ1) is 13.6. The molecule has 1 unspecified atom stereocenters. The van der Waals surface area contributed by atoms with Gasteiger partial charge in [0, 0.05) is 37.0 Å². The number of sulfonamides is 1. The van der Waals surface area contributed by atoms with Crippen LogP contribution in [0.25, 0.3) is 0 Å². The van der Waals surface area contributed by atoms with E-state index < -0.39 is 21.0 Å². The Hall–Kier alpha value is -0.920. The molecular weight excluding hydrogens is 388 g/mol. The van der Waals surface area contributed by atoms with Gasteiger partial charge in [0.25, 0.3) is 0 Å². The van der Waals surface area contributed by atoms with Gasteiger partial charge in [0.15, 0.2) is 0 Å². The van der Waals surface area contributed by atoms with Crippen molar-refractivity contribution in [1.82, 2.24) is 9.21 Å². The second kappa shape index (κ2) is 6.07. The van der Waals surface area contributed by atoms with Gasteiger partial charge in [0.05, 0.1) is 5.75 Å². The first-order valence-electron chi connectivity index (χ1n) is 11.3. The highest BCUT2D eigenvalue weighted by atomic mass is 32.2. The largest absolute Gasteiger partial charge is 0.460 e. The number of rotatable bonds is 7. The lowest BCUT2D eigenvalue weighted by Gasteiger charge is -2.42. The normalized spacial score (nSPS) is 45.8. The van der Waals surface area contributed by atoms with Gasteiger partial charge >= 0.3 is 5.97 Å². The third-order valence-electron chi connectivity index (χ3n) is 9.39. The van der Waals surface area contributed by atoms with Crippen LogP contribution in [0.1, 0.15) is 53.4 Å². The monoisotopic (exact) mass is 422 g/mol. The van der Waals surface area contributed by atoms with Crippen LogP contribution in [-0.2, 0) is 19.6 Å². The smallest absolute Gasteiger partial charge is 0.328 e. The molecule has 2 heterocycles. The quantitative estimate of drug-likeness (QED) is 0.358. The number of hydrogen-bond donors (Lipinski definition) is 0. The molecular formula is C22H34N2O4S. The minimum absolute atomic E-state index is 0.0891. The van der Waals surface area contributed by atoms with Crippen LogP contribution in [0.4, 0.5) is 0 Å². The average molecular weight is 423 g/mol. The lowest BCUT2D eigenvalue weighted by Crippen LogP contribution is -2.50. The SMILES string of the molecule is CCN(CC)S(=O)(=O)C[C@@]12CC[C@H](C[C@H]1OC(=O)[C@@]13CN1[C@H]1C=C[C@@H]3C1)C2(C)C. The van der Waals surface area contributed by atoms with Crippen molar-refractivity contribution >= 4 is 16.0 Å². The lowest BCUT2D eigenvalue weighted by atomic mass is 9.69. The van der Waals surface area contributed by atoms with E-state index in [1.54, 1.807) is 4.31 Å². The summed E-state index contributed by atoms with van der Waals surface area (Å²) in [5.74, 6) is 0.662. The third kappa shape index (κ3) is 2.41. The summed E-state index contributed by atoms with van der Waals surface area (Å²) >= 11 is 0. The van der Waals surface area contributed by atoms with Crippen molar-refractivity contribution in [3.05, 3.63) is 12.2 Å². The van der Waals surface area contributed by atoms with Crippen LogP contribution in [0.2, 0.25) is 0 Å². The fourth-order valence-corrected chi connectivity index (χ4v) is 9.66. The maximum Gasteiger partial charge on any atom is 0.328 e. The van der Waals surface area contributed by atoms with E-state index in [0.717, 1.165) is 32.2 Å². The molecule has 6 nitrogen and oxygen atoms in total. The maximum absolute atomic E-state index is 13.3. The molecule has 4 bridgehead atoms. The van der Waals surface area contributed by atoms with Gasteiger partial charge in [-0.3, -0.25) is 4.90 Å². The summed E-state index contributed by atoms with van der Waals surface area (Å²) in [6.07, 6.45) is 7.77. The van der Waals surface area contributed by atoms with Crippen molar-refractivity contribution in [3.63, 3.8) is 0 Å². The van der Waals surface area contributed by atoms with E-state index in [1.165, 1.54) is 0 Å². The van der Waals surface area contributed by atoms with Crippen LogP contribution in [0.3, 0.4) is 0 Å². The minimum Gasteiger partial charge on any atom is -0.460 e. The molecule has 2 saturated heterocycles. The van der Waals surface area contributed by atoms with Crippen molar-refractivity contribution in [2.45, 2.75) is 71.1 Å². The van der Waals surface area contributed by atoms with Crippen LogP contribution >= 0.6 is 0 Å². The zero-order valence-electron chi connectivity index (χ0n) is 18.1. The summed E-state index contributed by atoms with van der Waals surface area (Å²) in [5, 5.41) is 0. The molecule has 7 atom stereocenters. The van der Waals surface area contributed by atoms with E-state index >= 15 is 0 Å². The lowest BCUT2D eigenvalue weighted by molar-refractivity contribution is -0.161. The van der Waals surface area contributed by atoms with Crippen LogP contribution in [0.5, 0.6) is 0 Å². The number of fused-ring (bicyclic) bond motifs is 7. The Bertz CT molecular complexity index is 864. The molecule has 4 fully saturated rings. The number of nitrogens with zero attached hydrogens (tertiary/aromatic N) is 2. The van der Waals surface area contributed by atoms with E-state index in [9.17, 15) is 13.2 Å². The standard InChI is InChI=1S/C22H34N2O4S/c1-5-23(6-2)29(26,27)14-21-10-9-15(20(21,3)4)12-18(21)28-19(25)22-13-24(22)17-8-7-16(22)11-17/h7-8,15-18H,5-6,9-14H2,1-4H3/t15-,16-,17+,18-,21+,22+,24?/m1/s1. The van der Waals surface area contributed by atoms with Crippen LogP contribution in [0.15, 0.2) is 12.2 Å². The number of carbonyl (C=O) groups excluding carboxylic acids is 1. The number of hydrogen-bond acceptors (Lipinski definition) is 5. The van der Waals surface area contributed by atoms with Crippen molar-refractivity contribution in [2.24, 2.45) is 22.7 Å². The summed E-state index contributed by atoms with van der Waals surface area (Å²) in [7, 11) is -3.40. The van der Waals surface area contributed by atoms with Crippen molar-refractivity contribution in [2.75, 3.05) is 25.4 Å². The van der Waals surface area contributed by atoms with Gasteiger partial charge in [0.2, 0.25) is 10.0 Å². The number of ether oxygens (including phenoxy) is 1. The molecule has 162 valence electrons. The molecule has 0 amide bonds. The van der Waals surface area contributed by atoms with Gasteiger partial charge in [-0.05, 0) is 37.0 Å². The Labute approximate surface area is 174 Å². The van der Waals surface area contributed by atoms with Gasteiger partial charge < -0.3 is 4.74 Å². The summed E-state index contributed by atoms with van der Waals surface area (Å²) < 4.78 is 34.3. The van der Waals surface area contributed by atoms with Gasteiger partial charge in [-0.1, -0.05) is 39.8 Å². The Kier molecular flexibility index (Phi) is 4.19. The fraction of sp³-hybridized carbons (Fsp3) is 0.864. The Morgan fingerprint density at radius 3 is 2.52 bits per heavy atom. The van der Waals surface area contributed by atoms with Crippen molar-refractivity contribution in [1.29, 1.82) is 0 Å². The highest BCUT2D eigenvalue weighted by Gasteiger charge is 2.73. The van der Waals surface area contributed by atoms with Crippen LogP contribution in [-0.4, -0.2) is 66.7 Å². The molecule has 29 heavy (non-hydrogen) atoms. The van der Waals surface area contributed by atoms with E-state index in [-0.39, 0.29) is 29.2 Å². The Balaban J connectivity index is 1.41. The summed E-state index contributed by atoms with van der Waals surface area (Å²) in [5.41, 5.74) is -1.09. The van der Waals surface area contributed by atoms with Crippen LogP contribution < -0.4 is 0 Å². The second-order valence-electron chi connectivity index (χ2n) is 10.4. The average Bonchev–Trinajstić information content (AvgIpc) is 2.94. The molecule has 0 aromatic rings. The topological polar surface area (TPSA) is 66.7 Å². The molecule has 5 rings (SSSR count). The number of carbonyl (C=O) groups is 1.